The van der Waals surface area contributed by atoms with Gasteiger partial charge in [0.1, 0.15) is 5.82 Å². The summed E-state index contributed by atoms with van der Waals surface area (Å²) in [7, 11) is 3.13. The third-order valence-corrected chi connectivity index (χ3v) is 5.64. The van der Waals surface area contributed by atoms with Gasteiger partial charge in [0.25, 0.3) is 5.56 Å². The van der Waals surface area contributed by atoms with Gasteiger partial charge >= 0.3 is 0 Å². The fourth-order valence-corrected chi connectivity index (χ4v) is 3.79. The lowest BCUT2D eigenvalue weighted by Gasteiger charge is -2.30. The summed E-state index contributed by atoms with van der Waals surface area (Å²) in [5, 5.41) is 1.26. The van der Waals surface area contributed by atoms with Crippen LogP contribution >= 0.6 is 11.8 Å². The largest absolute Gasteiger partial charge is 0.493 e. The van der Waals surface area contributed by atoms with Crippen molar-refractivity contribution in [2.45, 2.75) is 24.6 Å². The number of benzene rings is 1. The molecule has 0 atom stereocenters. The Kier molecular flexibility index (Phi) is 5.30. The van der Waals surface area contributed by atoms with E-state index in [0.29, 0.717) is 34.8 Å². The number of thioether (sulfide) groups is 1. The van der Waals surface area contributed by atoms with Crippen molar-refractivity contribution in [1.82, 2.24) is 14.9 Å². The average molecular weight is 349 g/mol. The van der Waals surface area contributed by atoms with E-state index >= 15 is 0 Å². The van der Waals surface area contributed by atoms with Crippen molar-refractivity contribution in [2.75, 3.05) is 33.6 Å². The molecule has 7 heteroatoms. The molecule has 24 heavy (non-hydrogen) atoms. The predicted octanol–water partition coefficient (Wildman–Crippen LogP) is 2.27. The maximum atomic E-state index is 12.4. The summed E-state index contributed by atoms with van der Waals surface area (Å²) >= 11 is 1.94. The second-order valence-electron chi connectivity index (χ2n) is 5.95. The van der Waals surface area contributed by atoms with Crippen molar-refractivity contribution in [2.24, 2.45) is 0 Å². The molecule has 3 rings (SSSR count). The molecular formula is C17H23N3O3S. The minimum Gasteiger partial charge on any atom is -0.493 e. The normalized spacial score (nSPS) is 16.5. The number of rotatable bonds is 5. The highest BCUT2D eigenvalue weighted by Crippen LogP contribution is 2.30. The van der Waals surface area contributed by atoms with E-state index in [1.54, 1.807) is 26.4 Å². The highest BCUT2D eigenvalue weighted by Gasteiger charge is 2.19. The van der Waals surface area contributed by atoms with Gasteiger partial charge in [0.05, 0.1) is 31.7 Å². The van der Waals surface area contributed by atoms with Crippen LogP contribution in [-0.4, -0.2) is 53.7 Å². The number of nitrogens with zero attached hydrogens (tertiary/aromatic N) is 2. The van der Waals surface area contributed by atoms with E-state index in [1.165, 1.54) is 12.8 Å². The van der Waals surface area contributed by atoms with Crippen molar-refractivity contribution in [3.05, 3.63) is 28.3 Å². The Labute approximate surface area is 145 Å². The van der Waals surface area contributed by atoms with Gasteiger partial charge in [0, 0.05) is 11.3 Å². The lowest BCUT2D eigenvalue weighted by Crippen LogP contribution is -2.35. The molecule has 1 saturated heterocycles. The maximum absolute atomic E-state index is 12.4. The standard InChI is InChI=1S/C17H23N3O3S/c1-22-14-8-12-13(9-15(14)23-2)18-16(19-17(12)21)10-20-6-4-11(24-3)5-7-20/h8-9,11H,4-7,10H2,1-3H3,(H,18,19,21). The zero-order valence-corrected chi connectivity index (χ0v) is 15.1. The predicted molar refractivity (Wildman–Crippen MR) is 97.3 cm³/mol. The summed E-state index contributed by atoms with van der Waals surface area (Å²) < 4.78 is 10.6. The molecule has 0 amide bonds. The Morgan fingerprint density at radius 3 is 2.54 bits per heavy atom. The molecule has 1 aromatic carbocycles. The third-order valence-electron chi connectivity index (χ3n) is 4.50. The molecule has 1 N–H and O–H groups in total. The van der Waals surface area contributed by atoms with Crippen molar-refractivity contribution < 1.29 is 9.47 Å². The number of nitrogens with one attached hydrogen (secondary N) is 1. The first-order valence-corrected chi connectivity index (χ1v) is 9.33. The van der Waals surface area contributed by atoms with E-state index in [-0.39, 0.29) is 5.56 Å². The van der Waals surface area contributed by atoms with Crippen molar-refractivity contribution in [3.8, 4) is 11.5 Å². The van der Waals surface area contributed by atoms with Gasteiger partial charge in [-0.15, -0.1) is 0 Å². The highest BCUT2D eigenvalue weighted by molar-refractivity contribution is 7.99. The van der Waals surface area contributed by atoms with E-state index in [2.05, 4.69) is 21.1 Å². The molecule has 2 aromatic rings. The summed E-state index contributed by atoms with van der Waals surface area (Å²) in [4.78, 5) is 22.3. The minimum absolute atomic E-state index is 0.144. The number of hydrogen-bond acceptors (Lipinski definition) is 6. The van der Waals surface area contributed by atoms with Crippen LogP contribution < -0.4 is 15.0 Å². The number of ether oxygens (including phenoxy) is 2. The van der Waals surface area contributed by atoms with E-state index in [1.807, 2.05) is 11.8 Å². The van der Waals surface area contributed by atoms with Crippen LogP contribution in [-0.2, 0) is 6.54 Å². The van der Waals surface area contributed by atoms with Crippen molar-refractivity contribution in [3.63, 3.8) is 0 Å². The molecule has 6 nitrogen and oxygen atoms in total. The quantitative estimate of drug-likeness (QED) is 0.893. The van der Waals surface area contributed by atoms with Gasteiger partial charge in [-0.1, -0.05) is 0 Å². The van der Waals surface area contributed by atoms with Crippen LogP contribution in [0.25, 0.3) is 10.9 Å². The second-order valence-corrected chi connectivity index (χ2v) is 7.09. The van der Waals surface area contributed by atoms with Gasteiger partial charge in [0.2, 0.25) is 0 Å². The number of H-pyrrole nitrogens is 1. The SMILES string of the molecule is COc1cc2nc(CN3CCC(SC)CC3)[nH]c(=O)c2cc1OC. The van der Waals surface area contributed by atoms with E-state index in [0.717, 1.165) is 18.3 Å². The van der Waals surface area contributed by atoms with Gasteiger partial charge in [0.15, 0.2) is 11.5 Å². The molecule has 130 valence electrons. The van der Waals surface area contributed by atoms with Gasteiger partial charge < -0.3 is 14.5 Å². The first-order chi connectivity index (χ1) is 11.6. The van der Waals surface area contributed by atoms with Gasteiger partial charge in [-0.05, 0) is 38.3 Å². The number of piperidine rings is 1. The lowest BCUT2D eigenvalue weighted by molar-refractivity contribution is 0.220. The Hall–Kier alpha value is -1.73. The van der Waals surface area contributed by atoms with E-state index in [4.69, 9.17) is 9.47 Å². The molecule has 0 unspecified atom stereocenters. The molecule has 0 aliphatic carbocycles. The Bertz CT molecular complexity index is 770. The number of fused-ring (bicyclic) bond motifs is 1. The molecule has 1 aromatic heterocycles. The number of aromatic amines is 1. The van der Waals surface area contributed by atoms with Crippen LogP contribution in [0.15, 0.2) is 16.9 Å². The van der Waals surface area contributed by atoms with Gasteiger partial charge in [-0.25, -0.2) is 4.98 Å². The number of hydrogen-bond donors (Lipinski definition) is 1. The zero-order chi connectivity index (χ0) is 17.1. The molecule has 1 fully saturated rings. The summed E-state index contributed by atoms with van der Waals surface area (Å²) in [5.41, 5.74) is 0.486. The number of aromatic nitrogens is 2. The molecule has 0 spiro atoms. The topological polar surface area (TPSA) is 67.5 Å². The number of likely N-dealkylation sites (tertiary alicyclic amines) is 1. The van der Waals surface area contributed by atoms with Crippen LogP contribution in [0.4, 0.5) is 0 Å². The van der Waals surface area contributed by atoms with E-state index < -0.39 is 0 Å². The molecule has 0 radical (unpaired) electrons. The monoisotopic (exact) mass is 349 g/mol. The lowest BCUT2D eigenvalue weighted by atomic mass is 10.1. The Morgan fingerprint density at radius 1 is 1.25 bits per heavy atom. The van der Waals surface area contributed by atoms with Crippen LogP contribution in [0.5, 0.6) is 11.5 Å². The fraction of sp³-hybridized carbons (Fsp3) is 0.529. The van der Waals surface area contributed by atoms with Crippen LogP contribution in [0, 0.1) is 0 Å². The molecule has 1 aliphatic rings. The summed E-state index contributed by atoms with van der Waals surface area (Å²) in [6.07, 6.45) is 4.54. The highest BCUT2D eigenvalue weighted by atomic mass is 32.2. The average Bonchev–Trinajstić information content (AvgIpc) is 2.61. The van der Waals surface area contributed by atoms with Crippen molar-refractivity contribution >= 4 is 22.7 Å². The fourth-order valence-electron chi connectivity index (χ4n) is 3.10. The molecule has 1 aliphatic heterocycles. The van der Waals surface area contributed by atoms with Crippen LogP contribution in [0.1, 0.15) is 18.7 Å². The molecule has 2 heterocycles. The van der Waals surface area contributed by atoms with Gasteiger partial charge in [-0.2, -0.15) is 11.8 Å². The zero-order valence-electron chi connectivity index (χ0n) is 14.3. The van der Waals surface area contributed by atoms with Crippen LogP contribution in [0.3, 0.4) is 0 Å². The summed E-state index contributed by atoms with van der Waals surface area (Å²) in [6.45, 7) is 2.75. The second kappa shape index (κ2) is 7.44. The first-order valence-electron chi connectivity index (χ1n) is 8.04. The summed E-state index contributed by atoms with van der Waals surface area (Å²) in [6, 6.07) is 3.43. The molecule has 0 saturated carbocycles. The third kappa shape index (κ3) is 3.52. The minimum atomic E-state index is -0.144. The Balaban J connectivity index is 1.86. The molecule has 0 bridgehead atoms. The maximum Gasteiger partial charge on any atom is 0.258 e. The van der Waals surface area contributed by atoms with Crippen LogP contribution in [0.2, 0.25) is 0 Å². The first kappa shape index (κ1) is 17.1. The molecular weight excluding hydrogens is 326 g/mol. The van der Waals surface area contributed by atoms with Gasteiger partial charge in [-0.3, -0.25) is 9.69 Å². The van der Waals surface area contributed by atoms with E-state index in [9.17, 15) is 4.79 Å². The number of methoxy groups -OCH3 is 2. The van der Waals surface area contributed by atoms with Crippen molar-refractivity contribution in [1.29, 1.82) is 0 Å². The smallest absolute Gasteiger partial charge is 0.258 e. The Morgan fingerprint density at radius 2 is 1.92 bits per heavy atom. The summed E-state index contributed by atoms with van der Waals surface area (Å²) in [5.74, 6) is 1.81.